The minimum atomic E-state index is 0.0291. The SMILES string of the molecule is CCN(CC(=O)Nc1ccc(N(CC)CC)cc1C)Cc1ccccc1. The number of hydrogen-bond acceptors (Lipinski definition) is 3. The van der Waals surface area contributed by atoms with E-state index < -0.39 is 0 Å². The number of anilines is 2. The average Bonchev–Trinajstić information content (AvgIpc) is 2.65. The first-order chi connectivity index (χ1) is 12.6. The molecule has 0 aromatic heterocycles. The second-order valence-corrected chi connectivity index (χ2v) is 6.51. The Bertz CT molecular complexity index is 696. The fourth-order valence-corrected chi connectivity index (χ4v) is 3.09. The molecule has 140 valence electrons. The fourth-order valence-electron chi connectivity index (χ4n) is 3.09. The summed E-state index contributed by atoms with van der Waals surface area (Å²) >= 11 is 0. The van der Waals surface area contributed by atoms with Crippen molar-refractivity contribution in [3.8, 4) is 0 Å². The molecule has 4 heteroatoms. The molecule has 0 radical (unpaired) electrons. The van der Waals surface area contributed by atoms with Crippen LogP contribution in [-0.2, 0) is 11.3 Å². The van der Waals surface area contributed by atoms with Crippen LogP contribution in [0.3, 0.4) is 0 Å². The lowest BCUT2D eigenvalue weighted by molar-refractivity contribution is -0.117. The van der Waals surface area contributed by atoms with E-state index in [1.54, 1.807) is 0 Å². The number of carbonyl (C=O) groups is 1. The Morgan fingerprint density at radius 1 is 0.962 bits per heavy atom. The minimum Gasteiger partial charge on any atom is -0.372 e. The predicted octanol–water partition coefficient (Wildman–Crippen LogP) is 4.30. The number of nitrogens with zero attached hydrogens (tertiary/aromatic N) is 2. The van der Waals surface area contributed by atoms with Crippen LogP contribution in [0.25, 0.3) is 0 Å². The highest BCUT2D eigenvalue weighted by atomic mass is 16.2. The molecule has 0 aliphatic rings. The Morgan fingerprint density at radius 2 is 1.65 bits per heavy atom. The van der Waals surface area contributed by atoms with Gasteiger partial charge in [0.25, 0.3) is 0 Å². The van der Waals surface area contributed by atoms with Crippen molar-refractivity contribution in [3.05, 3.63) is 59.7 Å². The molecule has 0 saturated carbocycles. The lowest BCUT2D eigenvalue weighted by atomic mass is 10.1. The molecular formula is C22H31N3O. The van der Waals surface area contributed by atoms with Crippen LogP contribution in [0.1, 0.15) is 31.9 Å². The third kappa shape index (κ3) is 5.60. The van der Waals surface area contributed by atoms with Crippen LogP contribution < -0.4 is 10.2 Å². The largest absolute Gasteiger partial charge is 0.372 e. The smallest absolute Gasteiger partial charge is 0.238 e. The van der Waals surface area contributed by atoms with Gasteiger partial charge in [0.15, 0.2) is 0 Å². The van der Waals surface area contributed by atoms with Crippen LogP contribution in [0.5, 0.6) is 0 Å². The number of aryl methyl sites for hydroxylation is 1. The number of amides is 1. The number of likely N-dealkylation sites (N-methyl/N-ethyl adjacent to an activating group) is 1. The highest BCUT2D eigenvalue weighted by Crippen LogP contribution is 2.22. The molecule has 26 heavy (non-hydrogen) atoms. The van der Waals surface area contributed by atoms with E-state index in [9.17, 15) is 4.79 Å². The minimum absolute atomic E-state index is 0.0291. The summed E-state index contributed by atoms with van der Waals surface area (Å²) < 4.78 is 0. The molecule has 0 aliphatic carbocycles. The van der Waals surface area contributed by atoms with E-state index in [1.165, 1.54) is 11.3 Å². The van der Waals surface area contributed by atoms with Gasteiger partial charge >= 0.3 is 0 Å². The number of rotatable bonds is 9. The number of carbonyl (C=O) groups excluding carboxylic acids is 1. The lowest BCUT2D eigenvalue weighted by Gasteiger charge is -2.23. The molecule has 0 bridgehead atoms. The predicted molar refractivity (Wildman–Crippen MR) is 111 cm³/mol. The summed E-state index contributed by atoms with van der Waals surface area (Å²) in [6.07, 6.45) is 0. The first kappa shape index (κ1) is 20.0. The van der Waals surface area contributed by atoms with Crippen molar-refractivity contribution in [2.75, 3.05) is 36.4 Å². The molecule has 0 saturated heterocycles. The van der Waals surface area contributed by atoms with E-state index in [1.807, 2.05) is 31.2 Å². The zero-order valence-electron chi connectivity index (χ0n) is 16.5. The fraction of sp³-hybridized carbons (Fsp3) is 0.409. The highest BCUT2D eigenvalue weighted by Gasteiger charge is 2.12. The molecule has 0 aliphatic heterocycles. The van der Waals surface area contributed by atoms with Gasteiger partial charge in [-0.3, -0.25) is 9.69 Å². The maximum absolute atomic E-state index is 12.5. The van der Waals surface area contributed by atoms with Gasteiger partial charge < -0.3 is 10.2 Å². The zero-order chi connectivity index (χ0) is 18.9. The summed E-state index contributed by atoms with van der Waals surface area (Å²) in [4.78, 5) is 16.9. The Balaban J connectivity index is 1.98. The Kier molecular flexibility index (Phi) is 7.67. The Labute approximate surface area is 157 Å². The molecule has 0 spiro atoms. The maximum Gasteiger partial charge on any atom is 0.238 e. The summed E-state index contributed by atoms with van der Waals surface area (Å²) in [5.41, 5.74) is 4.40. The van der Waals surface area contributed by atoms with Gasteiger partial charge in [0.2, 0.25) is 5.91 Å². The Morgan fingerprint density at radius 3 is 2.23 bits per heavy atom. The van der Waals surface area contributed by atoms with E-state index in [2.05, 4.69) is 60.2 Å². The summed E-state index contributed by atoms with van der Waals surface area (Å²) in [6, 6.07) is 16.5. The third-order valence-electron chi connectivity index (χ3n) is 4.68. The van der Waals surface area contributed by atoms with Crippen molar-refractivity contribution >= 4 is 17.3 Å². The van der Waals surface area contributed by atoms with Gasteiger partial charge in [0.1, 0.15) is 0 Å². The molecule has 2 rings (SSSR count). The Hall–Kier alpha value is -2.33. The first-order valence-corrected chi connectivity index (χ1v) is 9.49. The van der Waals surface area contributed by atoms with E-state index in [-0.39, 0.29) is 5.91 Å². The first-order valence-electron chi connectivity index (χ1n) is 9.49. The quantitative estimate of drug-likeness (QED) is 0.730. The molecule has 0 heterocycles. The molecule has 2 aromatic carbocycles. The van der Waals surface area contributed by atoms with E-state index in [0.717, 1.165) is 37.4 Å². The van der Waals surface area contributed by atoms with Crippen LogP contribution in [0.2, 0.25) is 0 Å². The summed E-state index contributed by atoms with van der Waals surface area (Å²) in [5.74, 6) is 0.0291. The van der Waals surface area contributed by atoms with Crippen molar-refractivity contribution in [1.29, 1.82) is 0 Å². The van der Waals surface area contributed by atoms with Crippen LogP contribution >= 0.6 is 0 Å². The number of hydrogen-bond donors (Lipinski definition) is 1. The normalized spacial score (nSPS) is 10.8. The average molecular weight is 354 g/mol. The second kappa shape index (κ2) is 9.97. The van der Waals surface area contributed by atoms with Gasteiger partial charge in [0, 0.05) is 31.0 Å². The molecule has 4 nitrogen and oxygen atoms in total. The van der Waals surface area contributed by atoms with Gasteiger partial charge in [0.05, 0.1) is 6.54 Å². The van der Waals surface area contributed by atoms with Crippen molar-refractivity contribution in [1.82, 2.24) is 4.90 Å². The molecule has 1 amide bonds. The maximum atomic E-state index is 12.5. The number of nitrogens with one attached hydrogen (secondary N) is 1. The number of benzene rings is 2. The highest BCUT2D eigenvalue weighted by molar-refractivity contribution is 5.93. The van der Waals surface area contributed by atoms with Crippen molar-refractivity contribution < 1.29 is 4.79 Å². The van der Waals surface area contributed by atoms with Crippen LogP contribution in [-0.4, -0.2) is 37.0 Å². The molecule has 0 unspecified atom stereocenters. The summed E-state index contributed by atoms with van der Waals surface area (Å²) in [5, 5.41) is 3.06. The van der Waals surface area contributed by atoms with Gasteiger partial charge in [-0.05, 0) is 56.6 Å². The van der Waals surface area contributed by atoms with Gasteiger partial charge in [-0.2, -0.15) is 0 Å². The van der Waals surface area contributed by atoms with Crippen molar-refractivity contribution in [2.45, 2.75) is 34.2 Å². The zero-order valence-corrected chi connectivity index (χ0v) is 16.5. The lowest BCUT2D eigenvalue weighted by Crippen LogP contribution is -2.33. The molecule has 2 aromatic rings. The monoisotopic (exact) mass is 353 g/mol. The van der Waals surface area contributed by atoms with Crippen molar-refractivity contribution in [3.63, 3.8) is 0 Å². The third-order valence-corrected chi connectivity index (χ3v) is 4.68. The molecule has 0 atom stereocenters. The van der Waals surface area contributed by atoms with Crippen LogP contribution in [0, 0.1) is 6.92 Å². The molecule has 0 fully saturated rings. The summed E-state index contributed by atoms with van der Waals surface area (Å²) in [6.45, 7) is 12.4. The van der Waals surface area contributed by atoms with Crippen LogP contribution in [0.15, 0.2) is 48.5 Å². The second-order valence-electron chi connectivity index (χ2n) is 6.51. The molecular weight excluding hydrogens is 322 g/mol. The summed E-state index contributed by atoms with van der Waals surface area (Å²) in [7, 11) is 0. The topological polar surface area (TPSA) is 35.6 Å². The van der Waals surface area contributed by atoms with E-state index >= 15 is 0 Å². The standard InChI is InChI=1S/C22H31N3O/c1-5-24(16-19-11-9-8-10-12-19)17-22(26)23-21-14-13-20(15-18(21)4)25(6-2)7-3/h8-15H,5-7,16-17H2,1-4H3,(H,23,26). The van der Waals surface area contributed by atoms with E-state index in [0.29, 0.717) is 6.54 Å². The van der Waals surface area contributed by atoms with E-state index in [4.69, 9.17) is 0 Å². The van der Waals surface area contributed by atoms with Gasteiger partial charge in [-0.25, -0.2) is 0 Å². The van der Waals surface area contributed by atoms with Crippen molar-refractivity contribution in [2.24, 2.45) is 0 Å². The van der Waals surface area contributed by atoms with Gasteiger partial charge in [-0.15, -0.1) is 0 Å². The van der Waals surface area contributed by atoms with Crippen LogP contribution in [0.4, 0.5) is 11.4 Å². The van der Waals surface area contributed by atoms with Gasteiger partial charge in [-0.1, -0.05) is 37.3 Å². The molecule has 1 N–H and O–H groups in total.